The second-order valence-electron chi connectivity index (χ2n) is 5.58. The van der Waals surface area contributed by atoms with E-state index in [2.05, 4.69) is 0 Å². The minimum atomic E-state index is -4.95. The molecule has 1 aliphatic heterocycles. The highest BCUT2D eigenvalue weighted by Gasteiger charge is 2.44. The Morgan fingerprint density at radius 1 is 1.33 bits per heavy atom. The van der Waals surface area contributed by atoms with Gasteiger partial charge in [-0.05, 0) is 12.5 Å². The lowest BCUT2D eigenvalue weighted by Gasteiger charge is -2.40. The van der Waals surface area contributed by atoms with E-state index in [4.69, 9.17) is 14.2 Å². The van der Waals surface area contributed by atoms with Crippen LogP contribution in [0.5, 0.6) is 0 Å². The van der Waals surface area contributed by atoms with Crippen molar-refractivity contribution in [1.29, 1.82) is 0 Å². The van der Waals surface area contributed by atoms with Crippen LogP contribution in [0, 0.1) is 0 Å². The van der Waals surface area contributed by atoms with Crippen LogP contribution in [-0.4, -0.2) is 43.7 Å². The molecule has 0 spiro atoms. The number of ether oxygens (including phenoxy) is 3. The van der Waals surface area contributed by atoms with E-state index >= 15 is 0 Å². The Morgan fingerprint density at radius 3 is 2.58 bits per heavy atom. The van der Waals surface area contributed by atoms with Gasteiger partial charge in [-0.1, -0.05) is 30.3 Å². The van der Waals surface area contributed by atoms with Crippen molar-refractivity contribution in [2.45, 2.75) is 50.7 Å². The highest BCUT2D eigenvalue weighted by Crippen LogP contribution is 2.25. The highest BCUT2D eigenvalue weighted by atomic mass is 19.4. The van der Waals surface area contributed by atoms with Crippen LogP contribution in [0.1, 0.15) is 18.9 Å². The van der Waals surface area contributed by atoms with Crippen molar-refractivity contribution in [2.75, 3.05) is 7.11 Å². The molecule has 8 heteroatoms. The van der Waals surface area contributed by atoms with Gasteiger partial charge in [0.25, 0.3) is 0 Å². The monoisotopic (exact) mass is 347 g/mol. The van der Waals surface area contributed by atoms with Gasteiger partial charge >= 0.3 is 12.1 Å². The largest absolute Gasteiger partial charge is 0.471 e. The maximum absolute atomic E-state index is 12.5. The van der Waals surface area contributed by atoms with Crippen LogP contribution < -0.4 is 5.32 Å². The quantitative estimate of drug-likeness (QED) is 0.889. The first-order chi connectivity index (χ1) is 11.3. The first-order valence-electron chi connectivity index (χ1n) is 7.52. The fraction of sp³-hybridized carbons (Fsp3) is 0.562. The maximum Gasteiger partial charge on any atom is 0.471 e. The lowest BCUT2D eigenvalue weighted by Crippen LogP contribution is -2.58. The number of carbonyl (C=O) groups is 1. The molecule has 24 heavy (non-hydrogen) atoms. The van der Waals surface area contributed by atoms with Crippen molar-refractivity contribution in [3.05, 3.63) is 35.9 Å². The Morgan fingerprint density at radius 2 is 2.00 bits per heavy atom. The van der Waals surface area contributed by atoms with E-state index in [1.807, 2.05) is 35.6 Å². The molecule has 1 heterocycles. The van der Waals surface area contributed by atoms with E-state index in [0.29, 0.717) is 0 Å². The van der Waals surface area contributed by atoms with E-state index in [1.165, 1.54) is 7.11 Å². The third-order valence-electron chi connectivity index (χ3n) is 3.79. The molecule has 134 valence electrons. The van der Waals surface area contributed by atoms with Crippen molar-refractivity contribution in [3.63, 3.8) is 0 Å². The topological polar surface area (TPSA) is 56.8 Å². The number of hydrogen-bond donors (Lipinski definition) is 1. The summed E-state index contributed by atoms with van der Waals surface area (Å²) in [6.45, 7) is 1.88. The summed E-state index contributed by atoms with van der Waals surface area (Å²) < 4.78 is 54.0. The van der Waals surface area contributed by atoms with E-state index in [-0.39, 0.29) is 13.0 Å². The number of nitrogens with one attached hydrogen (secondary N) is 1. The molecule has 2 rings (SSSR count). The molecule has 1 amide bonds. The average molecular weight is 347 g/mol. The third-order valence-corrected chi connectivity index (χ3v) is 3.79. The summed E-state index contributed by atoms with van der Waals surface area (Å²) in [5, 5.41) is 1.99. The van der Waals surface area contributed by atoms with Crippen LogP contribution in [0.15, 0.2) is 30.3 Å². The average Bonchev–Trinajstić information content (AvgIpc) is 2.53. The van der Waals surface area contributed by atoms with E-state index in [1.54, 1.807) is 6.92 Å². The van der Waals surface area contributed by atoms with Gasteiger partial charge in [-0.2, -0.15) is 13.2 Å². The van der Waals surface area contributed by atoms with E-state index in [0.717, 1.165) is 5.56 Å². The van der Waals surface area contributed by atoms with Gasteiger partial charge in [0.1, 0.15) is 6.10 Å². The molecule has 0 saturated carbocycles. The van der Waals surface area contributed by atoms with Crippen LogP contribution in [0.3, 0.4) is 0 Å². The van der Waals surface area contributed by atoms with Crippen molar-refractivity contribution in [3.8, 4) is 0 Å². The predicted molar refractivity (Wildman–Crippen MR) is 79.0 cm³/mol. The molecule has 1 fully saturated rings. The number of halogens is 3. The normalized spacial score (nSPS) is 27.7. The zero-order valence-electron chi connectivity index (χ0n) is 13.4. The number of amides is 1. The molecule has 4 atom stereocenters. The summed E-state index contributed by atoms with van der Waals surface area (Å²) in [4.78, 5) is 11.3. The molecule has 0 aromatic heterocycles. The second-order valence-corrected chi connectivity index (χ2v) is 5.58. The standard InChI is InChI=1S/C16H20F3NO4/c1-10-14(23-9-11-6-4-3-5-7-11)12(8-13(22-2)24-10)20-15(21)16(17,18)19/h3-7,10,12-14H,8-9H2,1-2H3,(H,20,21)/t10-,12-,13-,14+/m0/s1. The maximum atomic E-state index is 12.5. The second kappa shape index (κ2) is 7.96. The number of methoxy groups -OCH3 is 1. The number of benzene rings is 1. The van der Waals surface area contributed by atoms with Crippen molar-refractivity contribution < 1.29 is 32.2 Å². The fourth-order valence-corrected chi connectivity index (χ4v) is 2.60. The first-order valence-corrected chi connectivity index (χ1v) is 7.52. The molecule has 1 N–H and O–H groups in total. The fourth-order valence-electron chi connectivity index (χ4n) is 2.60. The van der Waals surface area contributed by atoms with Gasteiger partial charge in [-0.3, -0.25) is 4.79 Å². The lowest BCUT2D eigenvalue weighted by atomic mass is 9.99. The van der Waals surface area contributed by atoms with Gasteiger partial charge in [0.05, 0.1) is 18.8 Å². The molecule has 0 aliphatic carbocycles. The summed E-state index contributed by atoms with van der Waals surface area (Å²) in [6.07, 6.45) is -6.83. The highest BCUT2D eigenvalue weighted by molar-refractivity contribution is 5.82. The summed E-state index contributed by atoms with van der Waals surface area (Å²) >= 11 is 0. The lowest BCUT2D eigenvalue weighted by molar-refractivity contribution is -0.229. The number of alkyl halides is 3. The molecule has 0 unspecified atom stereocenters. The van der Waals surface area contributed by atoms with Crippen LogP contribution in [0.2, 0.25) is 0 Å². The Hall–Kier alpha value is -1.64. The number of hydrogen-bond acceptors (Lipinski definition) is 4. The van der Waals surface area contributed by atoms with E-state index in [9.17, 15) is 18.0 Å². The molecule has 1 saturated heterocycles. The third kappa shape index (κ3) is 4.93. The molecule has 0 radical (unpaired) electrons. The summed E-state index contributed by atoms with van der Waals surface area (Å²) in [7, 11) is 1.39. The minimum Gasteiger partial charge on any atom is -0.369 e. The Kier molecular flexibility index (Phi) is 6.20. The zero-order valence-corrected chi connectivity index (χ0v) is 13.4. The molecule has 1 aliphatic rings. The number of rotatable bonds is 5. The molecule has 0 bridgehead atoms. The number of carbonyl (C=O) groups excluding carboxylic acids is 1. The van der Waals surface area contributed by atoms with Crippen molar-refractivity contribution in [1.82, 2.24) is 5.32 Å². The smallest absolute Gasteiger partial charge is 0.369 e. The molecule has 5 nitrogen and oxygen atoms in total. The summed E-state index contributed by atoms with van der Waals surface area (Å²) in [6, 6.07) is 8.35. The van der Waals surface area contributed by atoms with Gasteiger partial charge in [-0.25, -0.2) is 0 Å². The van der Waals surface area contributed by atoms with Crippen molar-refractivity contribution >= 4 is 5.91 Å². The van der Waals surface area contributed by atoms with Crippen LogP contribution in [0.25, 0.3) is 0 Å². The summed E-state index contributed by atoms with van der Waals surface area (Å²) in [5.41, 5.74) is 0.875. The molecule has 1 aromatic carbocycles. The van der Waals surface area contributed by atoms with Gasteiger partial charge in [0.15, 0.2) is 6.29 Å². The predicted octanol–water partition coefficient (Wildman–Crippen LogP) is 2.40. The Balaban J connectivity index is 2.06. The molecular weight excluding hydrogens is 327 g/mol. The van der Waals surface area contributed by atoms with Gasteiger partial charge in [-0.15, -0.1) is 0 Å². The van der Waals surface area contributed by atoms with Crippen LogP contribution in [-0.2, 0) is 25.6 Å². The first kappa shape index (κ1) is 18.7. The van der Waals surface area contributed by atoms with E-state index < -0.39 is 36.6 Å². The van der Waals surface area contributed by atoms with Gasteiger partial charge < -0.3 is 19.5 Å². The van der Waals surface area contributed by atoms with Gasteiger partial charge in [0, 0.05) is 13.5 Å². The SMILES string of the molecule is CO[C@@H]1C[C@H](NC(=O)C(F)(F)F)[C@H](OCc2ccccc2)[C@H](C)O1. The Bertz CT molecular complexity index is 538. The zero-order chi connectivity index (χ0) is 17.7. The van der Waals surface area contributed by atoms with Gasteiger partial charge in [0.2, 0.25) is 0 Å². The molecule has 1 aromatic rings. The van der Waals surface area contributed by atoms with Crippen molar-refractivity contribution in [2.24, 2.45) is 0 Å². The van der Waals surface area contributed by atoms with Crippen LogP contribution >= 0.6 is 0 Å². The Labute approximate surface area is 138 Å². The molecular formula is C16H20F3NO4. The minimum absolute atomic E-state index is 0.0715. The van der Waals surface area contributed by atoms with Crippen LogP contribution in [0.4, 0.5) is 13.2 Å². The summed E-state index contributed by atoms with van der Waals surface area (Å²) in [5.74, 6) is -2.00.